The van der Waals surface area contributed by atoms with E-state index in [0.29, 0.717) is 6.42 Å². The number of nitrogens with zero attached hydrogens (tertiary/aromatic N) is 6. The molecule has 0 aromatic carbocycles. The number of aryl methyl sites for hydroxylation is 3. The third-order valence-corrected chi connectivity index (χ3v) is 5.56. The molecule has 3 aromatic rings. The smallest absolute Gasteiger partial charge is 0.328 e. The first-order valence-electron chi connectivity index (χ1n) is 8.78. The van der Waals surface area contributed by atoms with E-state index in [0.717, 1.165) is 22.4 Å². The normalized spacial score (nSPS) is 11.8. The second-order valence-corrected chi connectivity index (χ2v) is 7.71. The van der Waals surface area contributed by atoms with Gasteiger partial charge in [-0.05, 0) is 19.4 Å². The summed E-state index contributed by atoms with van der Waals surface area (Å²) >= 11 is 0.984. The van der Waals surface area contributed by atoms with Crippen LogP contribution in [-0.2, 0) is 26.8 Å². The summed E-state index contributed by atoms with van der Waals surface area (Å²) in [5.74, 6) is 0.265. The maximum atomic E-state index is 13.2. The highest BCUT2D eigenvalue weighted by atomic mass is 32.2. The van der Waals surface area contributed by atoms with Gasteiger partial charge < -0.3 is 4.57 Å². The molecular formula is C18H17F3N6O2S. The molecule has 0 aliphatic carbocycles. The number of aromatic nitrogens is 5. The lowest BCUT2D eigenvalue weighted by molar-refractivity contribution is -0.138. The van der Waals surface area contributed by atoms with Crippen molar-refractivity contribution in [1.82, 2.24) is 23.7 Å². The summed E-state index contributed by atoms with van der Waals surface area (Å²) in [6.07, 6.45) is -2.91. The fraction of sp³-hybridized carbons (Fsp3) is 0.389. The number of alkyl halides is 3. The minimum atomic E-state index is -4.66. The third-order valence-electron chi connectivity index (χ3n) is 4.50. The van der Waals surface area contributed by atoms with Crippen LogP contribution in [0.4, 0.5) is 13.2 Å². The second kappa shape index (κ2) is 7.98. The molecule has 0 N–H and O–H groups in total. The molecule has 0 saturated heterocycles. The number of hydrogen-bond acceptors (Lipinski definition) is 6. The Labute approximate surface area is 172 Å². The number of thioether (sulfide) groups is 1. The van der Waals surface area contributed by atoms with Gasteiger partial charge in [-0.2, -0.15) is 18.4 Å². The Bertz CT molecular complexity index is 1280. The molecule has 0 amide bonds. The SMILES string of the molecule is Cc1cc(C(F)(F)F)c(C#N)c(SCCCn2c(=O)c3c(ncn3C)n(C)c2=O)n1. The van der Waals surface area contributed by atoms with Crippen LogP contribution in [0.25, 0.3) is 11.2 Å². The number of pyridine rings is 1. The number of halogens is 3. The van der Waals surface area contributed by atoms with Gasteiger partial charge in [0.15, 0.2) is 11.2 Å². The highest BCUT2D eigenvalue weighted by molar-refractivity contribution is 7.99. The number of rotatable bonds is 5. The zero-order valence-corrected chi connectivity index (χ0v) is 17.1. The van der Waals surface area contributed by atoms with E-state index in [4.69, 9.17) is 0 Å². The van der Waals surface area contributed by atoms with Crippen molar-refractivity contribution in [3.8, 4) is 6.07 Å². The van der Waals surface area contributed by atoms with Crippen molar-refractivity contribution in [3.05, 3.63) is 50.1 Å². The molecule has 30 heavy (non-hydrogen) atoms. The van der Waals surface area contributed by atoms with Crippen molar-refractivity contribution < 1.29 is 13.2 Å². The molecule has 0 spiro atoms. The molecule has 0 bridgehead atoms. The van der Waals surface area contributed by atoms with E-state index >= 15 is 0 Å². The van der Waals surface area contributed by atoms with E-state index in [-0.39, 0.29) is 34.2 Å². The molecule has 158 valence electrons. The quantitative estimate of drug-likeness (QED) is 0.448. The summed E-state index contributed by atoms with van der Waals surface area (Å²) in [7, 11) is 3.16. The lowest BCUT2D eigenvalue weighted by Gasteiger charge is -2.13. The van der Waals surface area contributed by atoms with E-state index in [1.807, 2.05) is 0 Å². The fourth-order valence-electron chi connectivity index (χ4n) is 3.07. The molecule has 8 nitrogen and oxygen atoms in total. The van der Waals surface area contributed by atoms with Crippen molar-refractivity contribution in [2.24, 2.45) is 14.1 Å². The van der Waals surface area contributed by atoms with Crippen LogP contribution in [0, 0.1) is 18.3 Å². The van der Waals surface area contributed by atoms with Crippen LogP contribution in [0.15, 0.2) is 27.0 Å². The van der Waals surface area contributed by atoms with Gasteiger partial charge in [0.05, 0.1) is 17.5 Å². The molecule has 0 aliphatic heterocycles. The highest BCUT2D eigenvalue weighted by Crippen LogP contribution is 2.35. The average molecular weight is 438 g/mol. The van der Waals surface area contributed by atoms with E-state index in [9.17, 15) is 28.0 Å². The molecule has 3 heterocycles. The molecule has 0 radical (unpaired) electrons. The largest absolute Gasteiger partial charge is 0.417 e. The third kappa shape index (κ3) is 3.85. The molecule has 0 fully saturated rings. The van der Waals surface area contributed by atoms with Crippen LogP contribution < -0.4 is 11.2 Å². The number of nitriles is 1. The van der Waals surface area contributed by atoms with Crippen LogP contribution >= 0.6 is 11.8 Å². The summed E-state index contributed by atoms with van der Waals surface area (Å²) in [4.78, 5) is 33.2. The molecule has 3 aromatic heterocycles. The van der Waals surface area contributed by atoms with Crippen LogP contribution in [0.2, 0.25) is 0 Å². The van der Waals surface area contributed by atoms with Gasteiger partial charge >= 0.3 is 11.9 Å². The first-order valence-corrected chi connectivity index (χ1v) is 9.77. The van der Waals surface area contributed by atoms with Crippen molar-refractivity contribution in [2.45, 2.75) is 31.1 Å². The van der Waals surface area contributed by atoms with Crippen LogP contribution in [-0.4, -0.2) is 29.4 Å². The molecule has 3 rings (SSSR count). The second-order valence-electron chi connectivity index (χ2n) is 6.63. The van der Waals surface area contributed by atoms with Gasteiger partial charge in [-0.3, -0.25) is 13.9 Å². The predicted molar refractivity (Wildman–Crippen MR) is 104 cm³/mol. The van der Waals surface area contributed by atoms with Gasteiger partial charge in [-0.25, -0.2) is 14.8 Å². The monoisotopic (exact) mass is 438 g/mol. The van der Waals surface area contributed by atoms with E-state index in [1.54, 1.807) is 13.1 Å². The average Bonchev–Trinajstić information content (AvgIpc) is 3.06. The lowest BCUT2D eigenvalue weighted by atomic mass is 10.1. The molecule has 0 aliphatic rings. The number of hydrogen-bond donors (Lipinski definition) is 0. The summed E-state index contributed by atoms with van der Waals surface area (Å²) < 4.78 is 43.5. The topological polar surface area (TPSA) is 98.5 Å². The minimum Gasteiger partial charge on any atom is -0.328 e. The van der Waals surface area contributed by atoms with Crippen LogP contribution in [0.1, 0.15) is 23.2 Å². The molecule has 0 unspecified atom stereocenters. The van der Waals surface area contributed by atoms with Gasteiger partial charge in [0.25, 0.3) is 5.56 Å². The number of fused-ring (bicyclic) bond motifs is 1. The van der Waals surface area contributed by atoms with Gasteiger partial charge in [0.1, 0.15) is 11.1 Å². The van der Waals surface area contributed by atoms with E-state index < -0.39 is 28.6 Å². The maximum Gasteiger partial charge on any atom is 0.417 e. The molecule has 0 saturated carbocycles. The van der Waals surface area contributed by atoms with E-state index in [2.05, 4.69) is 9.97 Å². The van der Waals surface area contributed by atoms with Gasteiger partial charge in [0.2, 0.25) is 0 Å². The summed E-state index contributed by atoms with van der Waals surface area (Å²) in [6.45, 7) is 1.49. The highest BCUT2D eigenvalue weighted by Gasteiger charge is 2.35. The van der Waals surface area contributed by atoms with Gasteiger partial charge in [0, 0.05) is 32.1 Å². The zero-order chi connectivity index (χ0) is 22.2. The fourth-order valence-corrected chi connectivity index (χ4v) is 4.04. The first-order chi connectivity index (χ1) is 14.1. The van der Waals surface area contributed by atoms with Gasteiger partial charge in [-0.1, -0.05) is 0 Å². The Balaban J connectivity index is 1.82. The Morgan fingerprint density at radius 1 is 1.27 bits per heavy atom. The Morgan fingerprint density at radius 3 is 2.60 bits per heavy atom. The summed E-state index contributed by atoms with van der Waals surface area (Å²) in [6, 6.07) is 2.43. The summed E-state index contributed by atoms with van der Waals surface area (Å²) in [5.41, 5.74) is -1.84. The predicted octanol–water partition coefficient (Wildman–Crippen LogP) is 2.21. The zero-order valence-electron chi connectivity index (χ0n) is 16.3. The Kier molecular flexibility index (Phi) is 5.76. The standard InChI is InChI=1S/C18H17F3N6O2S/c1-10-7-12(18(19,20)21)11(8-22)15(24-10)30-6-4-5-27-16(28)13-14(23-9-25(13)2)26(3)17(27)29/h7,9H,4-6H2,1-3H3. The molecule has 12 heteroatoms. The Hall–Kier alpha value is -3.07. The molecular weight excluding hydrogens is 421 g/mol. The first kappa shape index (κ1) is 21.6. The van der Waals surface area contributed by atoms with Gasteiger partial charge in [-0.15, -0.1) is 11.8 Å². The molecule has 0 atom stereocenters. The van der Waals surface area contributed by atoms with Crippen molar-refractivity contribution in [3.63, 3.8) is 0 Å². The van der Waals surface area contributed by atoms with Crippen molar-refractivity contribution >= 4 is 22.9 Å². The van der Waals surface area contributed by atoms with Crippen LogP contribution in [0.3, 0.4) is 0 Å². The maximum absolute atomic E-state index is 13.2. The minimum absolute atomic E-state index is 0.0211. The van der Waals surface area contributed by atoms with Crippen molar-refractivity contribution in [1.29, 1.82) is 5.26 Å². The van der Waals surface area contributed by atoms with E-state index in [1.165, 1.54) is 29.4 Å². The summed E-state index contributed by atoms with van der Waals surface area (Å²) in [5, 5.41) is 9.18. The number of imidazole rings is 1. The Morgan fingerprint density at radius 2 is 1.97 bits per heavy atom. The van der Waals surface area contributed by atoms with Crippen molar-refractivity contribution in [2.75, 3.05) is 5.75 Å². The van der Waals surface area contributed by atoms with Crippen LogP contribution in [0.5, 0.6) is 0 Å². The lowest BCUT2D eigenvalue weighted by Crippen LogP contribution is -2.39.